The van der Waals surface area contributed by atoms with Gasteiger partial charge in [-0.25, -0.2) is 8.93 Å². The second kappa shape index (κ2) is 8.73. The summed E-state index contributed by atoms with van der Waals surface area (Å²) in [5.74, 6) is -0.0215. The minimum Gasteiger partial charge on any atom is -0.356 e. The van der Waals surface area contributed by atoms with Crippen LogP contribution in [0.4, 0.5) is 0 Å². The van der Waals surface area contributed by atoms with Gasteiger partial charge in [0.1, 0.15) is 5.69 Å². The van der Waals surface area contributed by atoms with E-state index in [0.717, 1.165) is 33.5 Å². The molecular weight excluding hydrogens is 406 g/mol. The maximum absolute atomic E-state index is 13.1. The van der Waals surface area contributed by atoms with E-state index in [4.69, 9.17) is 4.52 Å². The summed E-state index contributed by atoms with van der Waals surface area (Å²) in [5, 5.41) is 5.33. The number of para-hydroxylation sites is 1. The molecule has 4 rings (SSSR count). The Hall–Kier alpha value is -2.83. The molecule has 0 aliphatic heterocycles. The van der Waals surface area contributed by atoms with Gasteiger partial charge in [-0.2, -0.15) is 0 Å². The Morgan fingerprint density at radius 2 is 1.68 bits per heavy atom. The maximum atomic E-state index is 13.1. The first kappa shape index (κ1) is 21.4. The zero-order chi connectivity index (χ0) is 22.0. The molecule has 3 atom stereocenters. The van der Waals surface area contributed by atoms with Crippen LogP contribution in [-0.4, -0.2) is 19.1 Å². The summed E-state index contributed by atoms with van der Waals surface area (Å²) in [4.78, 5) is 4.56. The SMILES string of the molecule is CC(c1ccccn1)[C@@H](NS(=O)C(C)(C)C)c1ccccc1-c1noc2ccccc12. The van der Waals surface area contributed by atoms with Crippen LogP contribution in [0.25, 0.3) is 22.2 Å². The summed E-state index contributed by atoms with van der Waals surface area (Å²) in [6, 6.07) is 21.6. The van der Waals surface area contributed by atoms with Crippen molar-refractivity contribution in [2.24, 2.45) is 0 Å². The molecule has 0 aliphatic rings. The van der Waals surface area contributed by atoms with Crippen molar-refractivity contribution in [2.45, 2.75) is 44.4 Å². The number of nitrogens with one attached hydrogen (secondary N) is 1. The summed E-state index contributed by atoms with van der Waals surface area (Å²) in [6.45, 7) is 8.01. The predicted molar refractivity (Wildman–Crippen MR) is 126 cm³/mol. The van der Waals surface area contributed by atoms with Gasteiger partial charge in [0.05, 0.1) is 21.8 Å². The van der Waals surface area contributed by atoms with Crippen molar-refractivity contribution < 1.29 is 8.73 Å². The van der Waals surface area contributed by atoms with Crippen LogP contribution in [-0.2, 0) is 11.0 Å². The molecule has 0 spiro atoms. The Kier molecular flexibility index (Phi) is 6.03. The van der Waals surface area contributed by atoms with Gasteiger partial charge in [0, 0.05) is 28.8 Å². The van der Waals surface area contributed by atoms with Crippen molar-refractivity contribution in [2.75, 3.05) is 0 Å². The zero-order valence-corrected chi connectivity index (χ0v) is 19.0. The molecule has 1 N–H and O–H groups in total. The molecule has 6 heteroatoms. The largest absolute Gasteiger partial charge is 0.356 e. The van der Waals surface area contributed by atoms with E-state index in [2.05, 4.69) is 27.9 Å². The lowest BCUT2D eigenvalue weighted by Crippen LogP contribution is -2.37. The number of nitrogens with zero attached hydrogens (tertiary/aromatic N) is 2. The van der Waals surface area contributed by atoms with Crippen molar-refractivity contribution in [3.8, 4) is 11.3 Å². The van der Waals surface area contributed by atoms with Gasteiger partial charge in [-0.3, -0.25) is 4.98 Å². The lowest BCUT2D eigenvalue weighted by molar-refractivity contribution is 0.459. The highest BCUT2D eigenvalue weighted by molar-refractivity contribution is 7.84. The van der Waals surface area contributed by atoms with Crippen molar-refractivity contribution in [3.05, 3.63) is 84.2 Å². The fraction of sp³-hybridized carbons (Fsp3) is 0.280. The summed E-state index contributed by atoms with van der Waals surface area (Å²) in [7, 11) is -1.27. The number of benzene rings is 2. The van der Waals surface area contributed by atoms with E-state index in [1.165, 1.54) is 0 Å². The van der Waals surface area contributed by atoms with E-state index in [9.17, 15) is 4.21 Å². The third-order valence-corrected chi connectivity index (χ3v) is 6.95. The molecule has 2 unspecified atom stereocenters. The number of hydrogen-bond donors (Lipinski definition) is 1. The highest BCUT2D eigenvalue weighted by Gasteiger charge is 2.30. The van der Waals surface area contributed by atoms with E-state index < -0.39 is 15.7 Å². The Morgan fingerprint density at radius 3 is 2.42 bits per heavy atom. The van der Waals surface area contributed by atoms with Gasteiger partial charge in [0.25, 0.3) is 0 Å². The van der Waals surface area contributed by atoms with Crippen LogP contribution in [0.1, 0.15) is 50.9 Å². The number of hydrogen-bond acceptors (Lipinski definition) is 4. The van der Waals surface area contributed by atoms with E-state index in [0.29, 0.717) is 0 Å². The molecular formula is C25H27N3O2S. The minimum absolute atomic E-state index is 0.0215. The highest BCUT2D eigenvalue weighted by Crippen LogP contribution is 2.38. The van der Waals surface area contributed by atoms with Gasteiger partial charge in [-0.1, -0.05) is 54.5 Å². The molecule has 0 saturated carbocycles. The van der Waals surface area contributed by atoms with Crippen LogP contribution in [0, 0.1) is 0 Å². The van der Waals surface area contributed by atoms with Crippen LogP contribution in [0.2, 0.25) is 0 Å². The smallest absolute Gasteiger partial charge is 0.167 e. The number of fused-ring (bicyclic) bond motifs is 1. The average molecular weight is 434 g/mol. The number of rotatable bonds is 6. The summed E-state index contributed by atoms with van der Waals surface area (Å²) in [6.07, 6.45) is 1.79. The monoisotopic (exact) mass is 433 g/mol. The molecule has 160 valence electrons. The molecule has 0 saturated heterocycles. The molecule has 0 radical (unpaired) electrons. The zero-order valence-electron chi connectivity index (χ0n) is 18.2. The van der Waals surface area contributed by atoms with Crippen molar-refractivity contribution >= 4 is 22.0 Å². The number of aromatic nitrogens is 2. The van der Waals surface area contributed by atoms with Crippen LogP contribution in [0.5, 0.6) is 0 Å². The molecule has 31 heavy (non-hydrogen) atoms. The van der Waals surface area contributed by atoms with Crippen LogP contribution in [0.3, 0.4) is 0 Å². The third kappa shape index (κ3) is 4.45. The first-order valence-electron chi connectivity index (χ1n) is 10.4. The molecule has 0 fully saturated rings. The molecule has 5 nitrogen and oxygen atoms in total. The first-order chi connectivity index (χ1) is 14.9. The molecule has 4 aromatic rings. The quantitative estimate of drug-likeness (QED) is 0.418. The fourth-order valence-corrected chi connectivity index (χ4v) is 4.52. The third-order valence-electron chi connectivity index (χ3n) is 5.37. The second-order valence-corrected chi connectivity index (χ2v) is 10.6. The molecule has 0 amide bonds. The predicted octanol–water partition coefficient (Wildman–Crippen LogP) is 5.79. The van der Waals surface area contributed by atoms with E-state index in [1.54, 1.807) is 6.20 Å². The van der Waals surface area contributed by atoms with Gasteiger partial charge in [0.2, 0.25) is 0 Å². The summed E-state index contributed by atoms with van der Waals surface area (Å²) >= 11 is 0. The Morgan fingerprint density at radius 1 is 0.968 bits per heavy atom. The van der Waals surface area contributed by atoms with Crippen molar-refractivity contribution in [1.29, 1.82) is 0 Å². The average Bonchev–Trinajstić information content (AvgIpc) is 3.21. The topological polar surface area (TPSA) is 68.0 Å². The maximum Gasteiger partial charge on any atom is 0.167 e. The Balaban J connectivity index is 1.85. The van der Waals surface area contributed by atoms with Gasteiger partial charge in [0.15, 0.2) is 5.58 Å². The van der Waals surface area contributed by atoms with Gasteiger partial charge in [-0.15, -0.1) is 0 Å². The van der Waals surface area contributed by atoms with Gasteiger partial charge < -0.3 is 4.52 Å². The van der Waals surface area contributed by atoms with E-state index in [1.807, 2.05) is 81.4 Å². The lowest BCUT2D eigenvalue weighted by atomic mass is 9.88. The fourth-order valence-electron chi connectivity index (χ4n) is 3.61. The molecule has 2 heterocycles. The normalized spacial score (nSPS) is 15.0. The van der Waals surface area contributed by atoms with Crippen LogP contribution < -0.4 is 4.72 Å². The van der Waals surface area contributed by atoms with Crippen LogP contribution in [0.15, 0.2) is 77.4 Å². The van der Waals surface area contributed by atoms with Crippen LogP contribution >= 0.6 is 0 Å². The minimum atomic E-state index is -1.27. The highest BCUT2D eigenvalue weighted by atomic mass is 32.2. The molecule has 2 aromatic heterocycles. The lowest BCUT2D eigenvalue weighted by Gasteiger charge is -2.29. The number of pyridine rings is 1. The summed E-state index contributed by atoms with van der Waals surface area (Å²) in [5.41, 5.74) is 4.43. The molecule has 0 aliphatic carbocycles. The van der Waals surface area contributed by atoms with E-state index >= 15 is 0 Å². The van der Waals surface area contributed by atoms with E-state index in [-0.39, 0.29) is 12.0 Å². The van der Waals surface area contributed by atoms with Crippen molar-refractivity contribution in [3.63, 3.8) is 0 Å². The van der Waals surface area contributed by atoms with Crippen molar-refractivity contribution in [1.82, 2.24) is 14.9 Å². The van der Waals surface area contributed by atoms with Gasteiger partial charge in [-0.05, 0) is 50.6 Å². The molecule has 2 aromatic carbocycles. The Labute approximate surface area is 185 Å². The second-order valence-electron chi connectivity index (χ2n) is 8.63. The molecule has 0 bridgehead atoms. The Bertz CT molecular complexity index is 1200. The van der Waals surface area contributed by atoms with Gasteiger partial charge >= 0.3 is 0 Å². The first-order valence-corrected chi connectivity index (χ1v) is 11.5. The standard InChI is InChI=1S/C25H27N3O2S/c1-17(21-14-9-10-16-26-21)23(28-31(29)25(2,3)4)18-11-5-6-12-19(18)24-20-13-7-8-15-22(20)30-27-24/h5-17,23,28H,1-4H3/t17?,23-,31?/m1/s1. The summed E-state index contributed by atoms with van der Waals surface area (Å²) < 4.78 is 21.7.